The Labute approximate surface area is 106 Å². The zero-order valence-corrected chi connectivity index (χ0v) is 10.9. The summed E-state index contributed by atoms with van der Waals surface area (Å²) in [7, 11) is 0. The van der Waals surface area contributed by atoms with Gasteiger partial charge in [0, 0.05) is 6.54 Å². The molecule has 0 aliphatic rings. The molecule has 3 amide bonds. The molecule has 7 heteroatoms. The highest BCUT2D eigenvalue weighted by Gasteiger charge is 2.20. The van der Waals surface area contributed by atoms with E-state index in [-0.39, 0.29) is 18.4 Å². The number of likely N-dealkylation sites (N-methyl/N-ethyl adjacent to an activating group) is 1. The minimum absolute atomic E-state index is 0.148. The number of nitrogens with one attached hydrogen (secondary N) is 3. The molecular weight excluding hydrogens is 238 g/mol. The third-order valence-corrected chi connectivity index (χ3v) is 2.09. The molecule has 1 atom stereocenters. The van der Waals surface area contributed by atoms with Gasteiger partial charge in [-0.2, -0.15) is 0 Å². The number of hydrogen-bond acceptors (Lipinski definition) is 3. The highest BCUT2D eigenvalue weighted by molar-refractivity contribution is 5.86. The summed E-state index contributed by atoms with van der Waals surface area (Å²) in [5.74, 6) is -1.25. The molecule has 0 rings (SSSR count). The summed E-state index contributed by atoms with van der Waals surface area (Å²) in [4.78, 5) is 33.3. The maximum atomic E-state index is 11.4. The Hall–Kier alpha value is -1.79. The molecule has 0 spiro atoms. The Morgan fingerprint density at radius 1 is 1.17 bits per heavy atom. The van der Waals surface area contributed by atoms with E-state index in [1.807, 2.05) is 13.8 Å². The Morgan fingerprint density at radius 2 is 1.78 bits per heavy atom. The molecule has 0 aromatic carbocycles. The van der Waals surface area contributed by atoms with Gasteiger partial charge in [0.15, 0.2) is 0 Å². The first-order valence-electron chi connectivity index (χ1n) is 5.90. The van der Waals surface area contributed by atoms with Gasteiger partial charge in [0.1, 0.15) is 6.04 Å². The number of carboxylic acid groups (broad SMARTS) is 1. The zero-order valence-electron chi connectivity index (χ0n) is 10.9. The Bertz CT molecular complexity index is 305. The van der Waals surface area contributed by atoms with Crippen LogP contribution < -0.4 is 16.0 Å². The molecule has 18 heavy (non-hydrogen) atoms. The lowest BCUT2D eigenvalue weighted by Gasteiger charge is -2.16. The standard InChI is InChI=1S/C11H21N3O4/c1-4-12-9(15)6-13-11(18)14-8(10(16)17)5-7(2)3/h7-8H,4-6H2,1-3H3,(H,12,15)(H,16,17)(H2,13,14,18)/t8-/m0/s1. The van der Waals surface area contributed by atoms with Crippen LogP contribution in [0.3, 0.4) is 0 Å². The van der Waals surface area contributed by atoms with Crippen LogP contribution in [0.5, 0.6) is 0 Å². The molecule has 0 fully saturated rings. The van der Waals surface area contributed by atoms with Gasteiger partial charge in [-0.1, -0.05) is 13.8 Å². The second-order valence-corrected chi connectivity index (χ2v) is 4.30. The van der Waals surface area contributed by atoms with Gasteiger partial charge in [-0.25, -0.2) is 9.59 Å². The van der Waals surface area contributed by atoms with Crippen LogP contribution in [0.4, 0.5) is 4.79 Å². The number of amides is 3. The van der Waals surface area contributed by atoms with Crippen LogP contribution in [0.15, 0.2) is 0 Å². The van der Waals surface area contributed by atoms with Gasteiger partial charge >= 0.3 is 12.0 Å². The summed E-state index contributed by atoms with van der Waals surface area (Å²) in [6.07, 6.45) is 0.337. The quantitative estimate of drug-likeness (QED) is 0.513. The van der Waals surface area contributed by atoms with Crippen molar-refractivity contribution in [3.63, 3.8) is 0 Å². The first-order chi connectivity index (χ1) is 8.36. The van der Waals surface area contributed by atoms with Gasteiger partial charge in [-0.15, -0.1) is 0 Å². The number of carboxylic acids is 1. The summed E-state index contributed by atoms with van der Waals surface area (Å²) < 4.78 is 0. The molecule has 7 nitrogen and oxygen atoms in total. The number of carbonyl (C=O) groups excluding carboxylic acids is 2. The van der Waals surface area contributed by atoms with Crippen molar-refractivity contribution in [2.24, 2.45) is 5.92 Å². The molecule has 0 unspecified atom stereocenters. The summed E-state index contributed by atoms with van der Waals surface area (Å²) in [5.41, 5.74) is 0. The number of aliphatic carboxylic acids is 1. The number of urea groups is 1. The molecule has 0 aliphatic carbocycles. The van der Waals surface area contributed by atoms with E-state index in [0.717, 1.165) is 0 Å². The number of rotatable bonds is 7. The molecule has 0 saturated heterocycles. The van der Waals surface area contributed by atoms with Crippen molar-refractivity contribution in [3.05, 3.63) is 0 Å². The number of hydrogen-bond donors (Lipinski definition) is 4. The average molecular weight is 259 g/mol. The molecule has 0 aliphatic heterocycles. The molecule has 0 heterocycles. The molecule has 0 bridgehead atoms. The van der Waals surface area contributed by atoms with Gasteiger partial charge in [-0.05, 0) is 19.3 Å². The minimum atomic E-state index is -1.09. The van der Waals surface area contributed by atoms with Crippen molar-refractivity contribution >= 4 is 17.9 Å². The number of carbonyl (C=O) groups is 3. The summed E-state index contributed by atoms with van der Waals surface area (Å²) in [6.45, 7) is 5.80. The first-order valence-corrected chi connectivity index (χ1v) is 5.90. The molecule has 104 valence electrons. The van der Waals surface area contributed by atoms with Crippen LogP contribution in [0.2, 0.25) is 0 Å². The van der Waals surface area contributed by atoms with E-state index in [9.17, 15) is 14.4 Å². The van der Waals surface area contributed by atoms with Gasteiger partial charge < -0.3 is 21.1 Å². The lowest BCUT2D eigenvalue weighted by atomic mass is 10.0. The van der Waals surface area contributed by atoms with Crippen LogP contribution in [0, 0.1) is 5.92 Å². The van der Waals surface area contributed by atoms with E-state index >= 15 is 0 Å². The third kappa shape index (κ3) is 7.48. The largest absolute Gasteiger partial charge is 0.480 e. The van der Waals surface area contributed by atoms with Gasteiger partial charge in [-0.3, -0.25) is 4.79 Å². The lowest BCUT2D eigenvalue weighted by Crippen LogP contribution is -2.48. The summed E-state index contributed by atoms with van der Waals surface area (Å²) in [6, 6.07) is -1.60. The summed E-state index contributed by atoms with van der Waals surface area (Å²) >= 11 is 0. The van der Waals surface area contributed by atoms with E-state index in [2.05, 4.69) is 16.0 Å². The van der Waals surface area contributed by atoms with Crippen molar-refractivity contribution in [1.82, 2.24) is 16.0 Å². The fourth-order valence-corrected chi connectivity index (χ4v) is 1.32. The van der Waals surface area contributed by atoms with Crippen molar-refractivity contribution in [1.29, 1.82) is 0 Å². The zero-order chi connectivity index (χ0) is 14.1. The van der Waals surface area contributed by atoms with E-state index < -0.39 is 18.0 Å². The van der Waals surface area contributed by atoms with Gasteiger partial charge in [0.2, 0.25) is 5.91 Å². The molecule has 0 saturated carbocycles. The third-order valence-electron chi connectivity index (χ3n) is 2.09. The Kier molecular flexibility index (Phi) is 7.50. The van der Waals surface area contributed by atoms with E-state index in [0.29, 0.717) is 13.0 Å². The van der Waals surface area contributed by atoms with Crippen LogP contribution >= 0.6 is 0 Å². The molecule has 0 aromatic heterocycles. The lowest BCUT2D eigenvalue weighted by molar-refractivity contribution is -0.139. The van der Waals surface area contributed by atoms with Crippen molar-refractivity contribution < 1.29 is 19.5 Å². The SMILES string of the molecule is CCNC(=O)CNC(=O)N[C@@H](CC(C)C)C(=O)O. The van der Waals surface area contributed by atoms with Crippen molar-refractivity contribution in [2.45, 2.75) is 33.2 Å². The molecule has 4 N–H and O–H groups in total. The minimum Gasteiger partial charge on any atom is -0.480 e. The monoisotopic (exact) mass is 259 g/mol. The first kappa shape index (κ1) is 16.2. The molecule has 0 radical (unpaired) electrons. The Morgan fingerprint density at radius 3 is 2.22 bits per heavy atom. The smallest absolute Gasteiger partial charge is 0.326 e. The fraction of sp³-hybridized carbons (Fsp3) is 0.727. The van der Waals surface area contributed by atoms with Crippen LogP contribution in [-0.4, -0.2) is 42.1 Å². The van der Waals surface area contributed by atoms with Crippen molar-refractivity contribution in [2.75, 3.05) is 13.1 Å². The predicted molar refractivity (Wildman–Crippen MR) is 66.1 cm³/mol. The highest BCUT2D eigenvalue weighted by atomic mass is 16.4. The fourth-order valence-electron chi connectivity index (χ4n) is 1.32. The van der Waals surface area contributed by atoms with Gasteiger partial charge in [0.25, 0.3) is 0 Å². The topological polar surface area (TPSA) is 108 Å². The second-order valence-electron chi connectivity index (χ2n) is 4.30. The Balaban J connectivity index is 4.10. The van der Waals surface area contributed by atoms with E-state index in [4.69, 9.17) is 5.11 Å². The maximum absolute atomic E-state index is 11.4. The predicted octanol–water partition coefficient (Wildman–Crippen LogP) is -0.0790. The highest BCUT2D eigenvalue weighted by Crippen LogP contribution is 2.04. The normalized spacial score (nSPS) is 11.8. The van der Waals surface area contributed by atoms with Gasteiger partial charge in [0.05, 0.1) is 6.54 Å². The van der Waals surface area contributed by atoms with E-state index in [1.165, 1.54) is 0 Å². The van der Waals surface area contributed by atoms with Crippen LogP contribution in [0.1, 0.15) is 27.2 Å². The van der Waals surface area contributed by atoms with Crippen molar-refractivity contribution in [3.8, 4) is 0 Å². The second kappa shape index (κ2) is 8.32. The summed E-state index contributed by atoms with van der Waals surface area (Å²) in [5, 5.41) is 16.0. The maximum Gasteiger partial charge on any atom is 0.326 e. The average Bonchev–Trinajstić information content (AvgIpc) is 2.25. The van der Waals surface area contributed by atoms with E-state index in [1.54, 1.807) is 6.92 Å². The molecular formula is C11H21N3O4. The molecule has 0 aromatic rings. The van der Waals surface area contributed by atoms with Crippen LogP contribution in [0.25, 0.3) is 0 Å². The van der Waals surface area contributed by atoms with Crippen LogP contribution in [-0.2, 0) is 9.59 Å².